The lowest BCUT2D eigenvalue weighted by molar-refractivity contribution is 0.408. The van der Waals surface area contributed by atoms with E-state index in [4.69, 9.17) is 22.1 Å². The number of methoxy groups -OCH3 is 1. The fourth-order valence-electron chi connectivity index (χ4n) is 2.40. The molecule has 21 heavy (non-hydrogen) atoms. The van der Waals surface area contributed by atoms with Crippen molar-refractivity contribution in [1.29, 1.82) is 0 Å². The highest BCUT2D eigenvalue weighted by Crippen LogP contribution is 2.33. The molecule has 0 fully saturated rings. The van der Waals surface area contributed by atoms with Crippen molar-refractivity contribution in [2.75, 3.05) is 7.11 Å². The summed E-state index contributed by atoms with van der Waals surface area (Å²) in [6.45, 7) is 0. The molecule has 1 unspecified atom stereocenters. The van der Waals surface area contributed by atoms with Gasteiger partial charge in [-0.15, -0.1) is 0 Å². The number of ether oxygens (including phenoxy) is 1. The highest BCUT2D eigenvalue weighted by Gasteiger charge is 2.17. The lowest BCUT2D eigenvalue weighted by atomic mass is 9.98. The maximum absolute atomic E-state index is 11.3. The first-order chi connectivity index (χ1) is 10.1. The molecule has 0 aliphatic carbocycles. The van der Waals surface area contributed by atoms with Crippen LogP contribution in [0.15, 0.2) is 41.2 Å². The van der Waals surface area contributed by atoms with E-state index in [1.54, 1.807) is 19.2 Å². The first-order valence-electron chi connectivity index (χ1n) is 6.40. The van der Waals surface area contributed by atoms with E-state index in [0.29, 0.717) is 21.8 Å². The topological polar surface area (TPSA) is 83.9 Å². The first kappa shape index (κ1) is 13.7. The molecule has 0 saturated carbocycles. The molecule has 0 aliphatic heterocycles. The smallest absolute Gasteiger partial charge is 0.323 e. The second-order valence-corrected chi connectivity index (χ2v) is 5.13. The van der Waals surface area contributed by atoms with Gasteiger partial charge in [0.15, 0.2) is 0 Å². The predicted octanol–water partition coefficient (Wildman–Crippen LogP) is 2.57. The number of hydrogen-bond donors (Lipinski definition) is 3. The number of halogens is 1. The Morgan fingerprint density at radius 1 is 1.14 bits per heavy atom. The Hall–Kier alpha value is -2.24. The molecule has 1 atom stereocenters. The number of fused-ring (bicyclic) bond motifs is 1. The number of H-pyrrole nitrogens is 2. The molecule has 0 radical (unpaired) electrons. The third-order valence-corrected chi connectivity index (χ3v) is 3.77. The fraction of sp³-hybridized carbons (Fsp3) is 0.133. The number of rotatable bonds is 3. The molecule has 5 nitrogen and oxygen atoms in total. The number of imidazole rings is 1. The molecule has 0 spiro atoms. The van der Waals surface area contributed by atoms with Crippen LogP contribution in [0.2, 0.25) is 5.02 Å². The molecule has 0 saturated heterocycles. The molecule has 6 heteroatoms. The minimum absolute atomic E-state index is 0.274. The standard InChI is InChI=1S/C15H14ClN3O2/c1-21-13-5-3-2-4-8(13)14(17)9-6-11-12(7-10(9)16)19-15(20)18-11/h2-7,14H,17H2,1H3,(H2,18,19,20). The van der Waals surface area contributed by atoms with Crippen molar-refractivity contribution in [2.45, 2.75) is 6.04 Å². The molecule has 2 aromatic carbocycles. The van der Waals surface area contributed by atoms with Crippen molar-refractivity contribution in [3.63, 3.8) is 0 Å². The number of aromatic nitrogens is 2. The van der Waals surface area contributed by atoms with E-state index < -0.39 is 6.04 Å². The lowest BCUT2D eigenvalue weighted by Crippen LogP contribution is -2.13. The molecule has 3 rings (SSSR count). The van der Waals surface area contributed by atoms with Crippen LogP contribution < -0.4 is 16.2 Å². The number of hydrogen-bond acceptors (Lipinski definition) is 3. The average Bonchev–Trinajstić information content (AvgIpc) is 2.84. The monoisotopic (exact) mass is 303 g/mol. The van der Waals surface area contributed by atoms with E-state index >= 15 is 0 Å². The summed E-state index contributed by atoms with van der Waals surface area (Å²) < 4.78 is 5.33. The third-order valence-electron chi connectivity index (χ3n) is 3.44. The zero-order valence-electron chi connectivity index (χ0n) is 11.3. The van der Waals surface area contributed by atoms with Crippen LogP contribution in [0.25, 0.3) is 11.0 Å². The zero-order chi connectivity index (χ0) is 15.0. The second kappa shape index (κ2) is 5.27. The van der Waals surface area contributed by atoms with Crippen molar-refractivity contribution in [1.82, 2.24) is 9.97 Å². The highest BCUT2D eigenvalue weighted by molar-refractivity contribution is 6.32. The molecular weight excluding hydrogens is 290 g/mol. The van der Waals surface area contributed by atoms with Gasteiger partial charge in [-0.1, -0.05) is 29.8 Å². The van der Waals surface area contributed by atoms with E-state index in [1.165, 1.54) is 0 Å². The summed E-state index contributed by atoms with van der Waals surface area (Å²) in [7, 11) is 1.60. The van der Waals surface area contributed by atoms with Crippen LogP contribution in [0, 0.1) is 0 Å². The normalized spacial score (nSPS) is 12.5. The van der Waals surface area contributed by atoms with E-state index in [0.717, 1.165) is 11.1 Å². The van der Waals surface area contributed by atoms with Crippen LogP contribution in [-0.2, 0) is 0 Å². The summed E-state index contributed by atoms with van der Waals surface area (Å²) in [5.74, 6) is 0.698. The van der Waals surface area contributed by atoms with E-state index in [1.807, 2.05) is 24.3 Å². The van der Waals surface area contributed by atoms with Gasteiger partial charge in [-0.25, -0.2) is 4.79 Å². The molecule has 0 aliphatic rings. The van der Waals surface area contributed by atoms with Crippen molar-refractivity contribution in [3.8, 4) is 5.75 Å². The number of para-hydroxylation sites is 1. The Morgan fingerprint density at radius 2 is 1.81 bits per heavy atom. The van der Waals surface area contributed by atoms with Gasteiger partial charge >= 0.3 is 5.69 Å². The number of nitrogens with one attached hydrogen (secondary N) is 2. The average molecular weight is 304 g/mol. The van der Waals surface area contributed by atoms with Crippen LogP contribution in [0.3, 0.4) is 0 Å². The van der Waals surface area contributed by atoms with Gasteiger partial charge in [0.1, 0.15) is 5.75 Å². The largest absolute Gasteiger partial charge is 0.496 e. The third kappa shape index (κ3) is 2.41. The molecule has 3 aromatic rings. The van der Waals surface area contributed by atoms with Crippen LogP contribution in [0.1, 0.15) is 17.2 Å². The second-order valence-electron chi connectivity index (χ2n) is 4.72. The van der Waals surface area contributed by atoms with Gasteiger partial charge in [-0.3, -0.25) is 0 Å². The minimum Gasteiger partial charge on any atom is -0.496 e. The van der Waals surface area contributed by atoms with Gasteiger partial charge in [0, 0.05) is 10.6 Å². The predicted molar refractivity (Wildman–Crippen MR) is 83.0 cm³/mol. The summed E-state index contributed by atoms with van der Waals surface area (Å²) in [4.78, 5) is 16.7. The molecule has 0 amide bonds. The first-order valence-corrected chi connectivity index (χ1v) is 6.78. The summed E-state index contributed by atoms with van der Waals surface area (Å²) in [6.07, 6.45) is 0. The molecule has 1 heterocycles. The Morgan fingerprint density at radius 3 is 2.52 bits per heavy atom. The molecule has 4 N–H and O–H groups in total. The molecule has 108 valence electrons. The van der Waals surface area contributed by atoms with Crippen LogP contribution in [0.5, 0.6) is 5.75 Å². The summed E-state index contributed by atoms with van der Waals surface area (Å²) in [6, 6.07) is 10.5. The van der Waals surface area contributed by atoms with Crippen molar-refractivity contribution >= 4 is 22.6 Å². The summed E-state index contributed by atoms with van der Waals surface area (Å²) in [5, 5.41) is 0.496. The molecular formula is C15H14ClN3O2. The molecule has 1 aromatic heterocycles. The van der Waals surface area contributed by atoms with Gasteiger partial charge in [-0.2, -0.15) is 0 Å². The lowest BCUT2D eigenvalue weighted by Gasteiger charge is -2.17. The van der Waals surface area contributed by atoms with Gasteiger partial charge in [0.2, 0.25) is 0 Å². The number of benzene rings is 2. The maximum atomic E-state index is 11.3. The van der Waals surface area contributed by atoms with E-state index in [-0.39, 0.29) is 5.69 Å². The zero-order valence-corrected chi connectivity index (χ0v) is 12.1. The minimum atomic E-state index is -0.448. The van der Waals surface area contributed by atoms with Crippen LogP contribution in [0.4, 0.5) is 0 Å². The van der Waals surface area contributed by atoms with E-state index in [2.05, 4.69) is 9.97 Å². The quantitative estimate of drug-likeness (QED) is 0.695. The van der Waals surface area contributed by atoms with Crippen LogP contribution >= 0.6 is 11.6 Å². The molecule has 0 bridgehead atoms. The maximum Gasteiger partial charge on any atom is 0.323 e. The highest BCUT2D eigenvalue weighted by atomic mass is 35.5. The van der Waals surface area contributed by atoms with Crippen molar-refractivity contribution < 1.29 is 4.74 Å². The van der Waals surface area contributed by atoms with Gasteiger partial charge < -0.3 is 20.4 Å². The van der Waals surface area contributed by atoms with Gasteiger partial charge in [0.05, 0.1) is 24.2 Å². The van der Waals surface area contributed by atoms with Crippen molar-refractivity contribution in [3.05, 3.63) is 63.0 Å². The van der Waals surface area contributed by atoms with E-state index in [9.17, 15) is 4.79 Å². The summed E-state index contributed by atoms with van der Waals surface area (Å²) >= 11 is 6.30. The Kier molecular flexibility index (Phi) is 3.45. The summed E-state index contributed by atoms with van der Waals surface area (Å²) in [5.41, 5.74) is 8.93. The van der Waals surface area contributed by atoms with Gasteiger partial charge in [0.25, 0.3) is 0 Å². The van der Waals surface area contributed by atoms with Gasteiger partial charge in [-0.05, 0) is 23.8 Å². The fourth-order valence-corrected chi connectivity index (χ4v) is 2.68. The Bertz CT molecular complexity index is 853. The van der Waals surface area contributed by atoms with Crippen LogP contribution in [-0.4, -0.2) is 17.1 Å². The SMILES string of the molecule is COc1ccccc1C(N)c1cc2[nH]c(=O)[nH]c2cc1Cl. The van der Waals surface area contributed by atoms with Crippen molar-refractivity contribution in [2.24, 2.45) is 5.73 Å². The number of nitrogens with two attached hydrogens (primary N) is 1. The Labute approximate surface area is 125 Å². The Balaban J connectivity index is 2.14. The number of aromatic amines is 2.